The lowest BCUT2D eigenvalue weighted by Crippen LogP contribution is -2.23. The van der Waals surface area contributed by atoms with Gasteiger partial charge in [-0.25, -0.2) is 0 Å². The van der Waals surface area contributed by atoms with E-state index in [9.17, 15) is 4.79 Å². The summed E-state index contributed by atoms with van der Waals surface area (Å²) in [6.45, 7) is 2.52. The molecule has 0 saturated carbocycles. The van der Waals surface area contributed by atoms with E-state index >= 15 is 0 Å². The van der Waals surface area contributed by atoms with Crippen molar-refractivity contribution < 1.29 is 9.53 Å². The summed E-state index contributed by atoms with van der Waals surface area (Å²) < 4.78 is 6.49. The second-order valence-corrected chi connectivity index (χ2v) is 6.06. The summed E-state index contributed by atoms with van der Waals surface area (Å²) in [6, 6.07) is 11.9. The number of halogens is 1. The largest absolute Gasteiger partial charge is 0.378 e. The molecule has 3 rings (SSSR count). The standard InChI is InChI=1S/C16H16BrNO2/c1-10-8-11(9-20-10)16(19)18-15-7-6-14(17)12-4-2-3-5-13(12)15/h2-7,10-11H,8-9H2,1H3,(H,18,19). The molecule has 0 aliphatic carbocycles. The molecule has 0 radical (unpaired) electrons. The molecule has 1 aliphatic heterocycles. The lowest BCUT2D eigenvalue weighted by atomic mass is 10.0. The van der Waals surface area contributed by atoms with Gasteiger partial charge in [-0.05, 0) is 30.9 Å². The summed E-state index contributed by atoms with van der Waals surface area (Å²) in [6.07, 6.45) is 0.965. The lowest BCUT2D eigenvalue weighted by molar-refractivity contribution is -0.119. The average Bonchev–Trinajstić information content (AvgIpc) is 2.89. The molecule has 2 aromatic carbocycles. The maximum atomic E-state index is 12.3. The van der Waals surface area contributed by atoms with Crippen molar-refractivity contribution in [3.05, 3.63) is 40.9 Å². The van der Waals surface area contributed by atoms with Gasteiger partial charge in [0.1, 0.15) is 0 Å². The fraction of sp³-hybridized carbons (Fsp3) is 0.312. The first-order chi connectivity index (χ1) is 9.65. The summed E-state index contributed by atoms with van der Waals surface area (Å²) in [4.78, 5) is 12.3. The van der Waals surface area contributed by atoms with E-state index in [2.05, 4.69) is 21.2 Å². The van der Waals surface area contributed by atoms with Crippen LogP contribution in [0.2, 0.25) is 0 Å². The van der Waals surface area contributed by atoms with Crippen molar-refractivity contribution in [2.45, 2.75) is 19.4 Å². The average molecular weight is 334 g/mol. The number of ether oxygens (including phenoxy) is 1. The monoisotopic (exact) mass is 333 g/mol. The van der Waals surface area contributed by atoms with Gasteiger partial charge in [-0.2, -0.15) is 0 Å². The van der Waals surface area contributed by atoms with E-state index in [1.54, 1.807) is 0 Å². The number of carbonyl (C=O) groups is 1. The maximum absolute atomic E-state index is 12.3. The Balaban J connectivity index is 1.88. The molecule has 1 saturated heterocycles. The van der Waals surface area contributed by atoms with Crippen molar-refractivity contribution in [3.8, 4) is 0 Å². The first kappa shape index (κ1) is 13.6. The molecule has 0 aromatic heterocycles. The smallest absolute Gasteiger partial charge is 0.229 e. The number of anilines is 1. The number of benzene rings is 2. The van der Waals surface area contributed by atoms with Gasteiger partial charge < -0.3 is 10.1 Å². The van der Waals surface area contributed by atoms with Crippen LogP contribution < -0.4 is 5.32 Å². The molecular formula is C16H16BrNO2. The van der Waals surface area contributed by atoms with Gasteiger partial charge in [-0.3, -0.25) is 4.79 Å². The van der Waals surface area contributed by atoms with Crippen LogP contribution in [0.5, 0.6) is 0 Å². The van der Waals surface area contributed by atoms with Crippen LogP contribution in [0.15, 0.2) is 40.9 Å². The quantitative estimate of drug-likeness (QED) is 0.903. The van der Waals surface area contributed by atoms with Crippen LogP contribution in [-0.2, 0) is 9.53 Å². The van der Waals surface area contributed by atoms with Crippen LogP contribution in [-0.4, -0.2) is 18.6 Å². The first-order valence-corrected chi connectivity index (χ1v) is 7.54. The number of nitrogens with one attached hydrogen (secondary N) is 1. The van der Waals surface area contributed by atoms with Crippen molar-refractivity contribution in [1.82, 2.24) is 0 Å². The molecule has 1 fully saturated rings. The number of rotatable bonds is 2. The van der Waals surface area contributed by atoms with Gasteiger partial charge in [0.05, 0.1) is 18.6 Å². The van der Waals surface area contributed by atoms with Gasteiger partial charge in [0.15, 0.2) is 0 Å². The first-order valence-electron chi connectivity index (χ1n) is 6.75. The third kappa shape index (κ3) is 2.58. The van der Waals surface area contributed by atoms with Gasteiger partial charge in [-0.1, -0.05) is 40.2 Å². The maximum Gasteiger partial charge on any atom is 0.229 e. The molecule has 104 valence electrons. The van der Waals surface area contributed by atoms with Crippen LogP contribution in [0, 0.1) is 5.92 Å². The van der Waals surface area contributed by atoms with Crippen molar-refractivity contribution >= 4 is 38.3 Å². The molecular weight excluding hydrogens is 318 g/mol. The third-order valence-electron chi connectivity index (χ3n) is 3.70. The molecule has 0 bridgehead atoms. The molecule has 2 unspecified atom stereocenters. The van der Waals surface area contributed by atoms with Crippen molar-refractivity contribution in [2.24, 2.45) is 5.92 Å². The summed E-state index contributed by atoms with van der Waals surface area (Å²) in [5, 5.41) is 5.18. The molecule has 0 spiro atoms. The summed E-state index contributed by atoms with van der Waals surface area (Å²) in [5.74, 6) is -0.00534. The van der Waals surface area contributed by atoms with E-state index in [1.807, 2.05) is 43.3 Å². The predicted molar refractivity (Wildman–Crippen MR) is 83.8 cm³/mol. The third-order valence-corrected chi connectivity index (χ3v) is 4.39. The zero-order valence-electron chi connectivity index (χ0n) is 11.2. The zero-order chi connectivity index (χ0) is 14.1. The Hall–Kier alpha value is -1.39. The minimum absolute atomic E-state index is 0.0434. The number of fused-ring (bicyclic) bond motifs is 1. The molecule has 2 atom stereocenters. The van der Waals surface area contributed by atoms with Crippen molar-refractivity contribution in [3.63, 3.8) is 0 Å². The highest BCUT2D eigenvalue weighted by Crippen LogP contribution is 2.30. The minimum atomic E-state index is -0.0487. The number of hydrogen-bond acceptors (Lipinski definition) is 2. The van der Waals surface area contributed by atoms with Gasteiger partial charge in [0.2, 0.25) is 5.91 Å². The second-order valence-electron chi connectivity index (χ2n) is 5.21. The zero-order valence-corrected chi connectivity index (χ0v) is 12.8. The van der Waals surface area contributed by atoms with Crippen LogP contribution in [0.1, 0.15) is 13.3 Å². The minimum Gasteiger partial charge on any atom is -0.378 e. The van der Waals surface area contributed by atoms with E-state index in [-0.39, 0.29) is 17.9 Å². The Kier molecular flexibility index (Phi) is 3.76. The van der Waals surface area contributed by atoms with Gasteiger partial charge >= 0.3 is 0 Å². The molecule has 2 aromatic rings. The highest BCUT2D eigenvalue weighted by atomic mass is 79.9. The molecule has 3 nitrogen and oxygen atoms in total. The van der Waals surface area contributed by atoms with Gasteiger partial charge in [0, 0.05) is 15.5 Å². The predicted octanol–water partition coefficient (Wildman–Crippen LogP) is 3.97. The Morgan fingerprint density at radius 2 is 2.00 bits per heavy atom. The van der Waals surface area contributed by atoms with E-state index in [0.717, 1.165) is 27.4 Å². The van der Waals surface area contributed by atoms with Crippen molar-refractivity contribution in [1.29, 1.82) is 0 Å². The number of hydrogen-bond donors (Lipinski definition) is 1. The normalized spacial score (nSPS) is 22.1. The molecule has 20 heavy (non-hydrogen) atoms. The van der Waals surface area contributed by atoms with Crippen LogP contribution in [0.3, 0.4) is 0 Å². The van der Waals surface area contributed by atoms with E-state index in [4.69, 9.17) is 4.74 Å². The second kappa shape index (κ2) is 5.54. The number of amides is 1. The fourth-order valence-corrected chi connectivity index (χ4v) is 3.08. The summed E-state index contributed by atoms with van der Waals surface area (Å²) in [7, 11) is 0. The van der Waals surface area contributed by atoms with E-state index < -0.39 is 0 Å². The highest BCUT2D eigenvalue weighted by Gasteiger charge is 2.28. The fourth-order valence-electron chi connectivity index (χ4n) is 2.61. The SMILES string of the molecule is CC1CC(C(=O)Nc2ccc(Br)c3ccccc23)CO1. The van der Waals surface area contributed by atoms with E-state index in [1.165, 1.54) is 0 Å². The Morgan fingerprint density at radius 1 is 1.25 bits per heavy atom. The highest BCUT2D eigenvalue weighted by molar-refractivity contribution is 9.10. The summed E-state index contributed by atoms with van der Waals surface area (Å²) in [5.41, 5.74) is 0.855. The summed E-state index contributed by atoms with van der Waals surface area (Å²) >= 11 is 3.54. The Bertz CT molecular complexity index is 656. The molecule has 1 heterocycles. The lowest BCUT2D eigenvalue weighted by Gasteiger charge is -2.12. The van der Waals surface area contributed by atoms with Crippen LogP contribution in [0.4, 0.5) is 5.69 Å². The Morgan fingerprint density at radius 3 is 2.70 bits per heavy atom. The molecule has 1 N–H and O–H groups in total. The topological polar surface area (TPSA) is 38.3 Å². The van der Waals surface area contributed by atoms with Gasteiger partial charge in [0.25, 0.3) is 0 Å². The molecule has 4 heteroatoms. The van der Waals surface area contributed by atoms with E-state index in [0.29, 0.717) is 6.61 Å². The van der Waals surface area contributed by atoms with Gasteiger partial charge in [-0.15, -0.1) is 0 Å². The molecule has 1 amide bonds. The number of carbonyl (C=O) groups excluding carboxylic acids is 1. The van der Waals surface area contributed by atoms with Crippen LogP contribution in [0.25, 0.3) is 10.8 Å². The molecule has 1 aliphatic rings. The van der Waals surface area contributed by atoms with Crippen molar-refractivity contribution in [2.75, 3.05) is 11.9 Å². The Labute approximate surface area is 126 Å². The van der Waals surface area contributed by atoms with Crippen LogP contribution >= 0.6 is 15.9 Å².